The fourth-order valence-corrected chi connectivity index (χ4v) is 4.06. The number of ketones is 1. The molecule has 0 bridgehead atoms. The molecular weight excluding hydrogens is 448 g/mol. The summed E-state index contributed by atoms with van der Waals surface area (Å²) in [5.74, 6) is 2.70. The van der Waals surface area contributed by atoms with E-state index in [-0.39, 0.29) is 18.0 Å². The average Bonchev–Trinajstić information content (AvgIpc) is 3.80. The Morgan fingerprint density at radius 2 is 1.23 bits per heavy atom. The molecule has 2 aromatic carbocycles. The van der Waals surface area contributed by atoms with Gasteiger partial charge in [-0.05, 0) is 66.8 Å². The van der Waals surface area contributed by atoms with E-state index < -0.39 is 0 Å². The first kappa shape index (κ1) is 23.5. The Hall–Kier alpha value is -3.29. The Labute approximate surface area is 205 Å². The second-order valence-electron chi connectivity index (χ2n) is 8.88. The fourth-order valence-electron chi connectivity index (χ4n) is 4.06. The van der Waals surface area contributed by atoms with Crippen molar-refractivity contribution in [3.05, 3.63) is 58.7 Å². The normalized spacial score (nSPS) is 23.3. The highest BCUT2D eigenvalue weighted by Gasteiger charge is 2.25. The highest BCUT2D eigenvalue weighted by atomic mass is 16.6. The number of allylic oxidation sites excluding steroid dienone is 2. The van der Waals surface area contributed by atoms with Crippen molar-refractivity contribution in [3.63, 3.8) is 0 Å². The Morgan fingerprint density at radius 3 is 1.63 bits per heavy atom. The lowest BCUT2D eigenvalue weighted by Gasteiger charge is -2.17. The van der Waals surface area contributed by atoms with Crippen LogP contribution >= 0.6 is 0 Å². The van der Waals surface area contributed by atoms with E-state index in [0.717, 1.165) is 54.7 Å². The predicted molar refractivity (Wildman–Crippen MR) is 131 cm³/mol. The minimum atomic E-state index is 0.0756. The molecule has 2 heterocycles. The molecule has 3 fully saturated rings. The summed E-state index contributed by atoms with van der Waals surface area (Å²) < 4.78 is 33.0. The molecular formula is C28H30O7. The largest absolute Gasteiger partial charge is 0.493 e. The molecule has 0 unspecified atom stereocenters. The van der Waals surface area contributed by atoms with Crippen molar-refractivity contribution in [2.45, 2.75) is 31.5 Å². The van der Waals surface area contributed by atoms with Crippen LogP contribution in [0, 0.1) is 0 Å². The minimum absolute atomic E-state index is 0.0756. The summed E-state index contributed by atoms with van der Waals surface area (Å²) in [5, 5.41) is 0. The van der Waals surface area contributed by atoms with Gasteiger partial charge in [0.2, 0.25) is 0 Å². The Bertz CT molecular complexity index is 1050. The zero-order chi connectivity index (χ0) is 24.2. The van der Waals surface area contributed by atoms with E-state index in [0.29, 0.717) is 36.2 Å². The maximum atomic E-state index is 13.3. The highest BCUT2D eigenvalue weighted by Crippen LogP contribution is 2.34. The van der Waals surface area contributed by atoms with Gasteiger partial charge in [-0.3, -0.25) is 4.79 Å². The number of epoxide rings is 2. The van der Waals surface area contributed by atoms with Gasteiger partial charge in [0.25, 0.3) is 0 Å². The topological polar surface area (TPSA) is 79.0 Å². The van der Waals surface area contributed by atoms with Gasteiger partial charge in [-0.2, -0.15) is 0 Å². The first-order valence-corrected chi connectivity index (χ1v) is 11.9. The molecule has 3 aliphatic rings. The fraction of sp³-hybridized carbons (Fsp3) is 0.393. The van der Waals surface area contributed by atoms with Crippen LogP contribution < -0.4 is 18.9 Å². The van der Waals surface area contributed by atoms with Crippen LogP contribution in [-0.4, -0.2) is 58.6 Å². The second-order valence-corrected chi connectivity index (χ2v) is 8.88. The lowest BCUT2D eigenvalue weighted by atomic mass is 9.87. The molecule has 2 aromatic rings. The van der Waals surface area contributed by atoms with Gasteiger partial charge < -0.3 is 28.4 Å². The minimum Gasteiger partial charge on any atom is -0.493 e. The molecule has 184 valence electrons. The third kappa shape index (κ3) is 6.05. The van der Waals surface area contributed by atoms with Gasteiger partial charge in [0, 0.05) is 11.1 Å². The van der Waals surface area contributed by atoms with Crippen LogP contribution in [0.2, 0.25) is 0 Å². The molecule has 0 spiro atoms. The van der Waals surface area contributed by atoms with E-state index in [9.17, 15) is 4.79 Å². The second kappa shape index (κ2) is 10.5. The smallest absolute Gasteiger partial charge is 0.185 e. The number of methoxy groups -OCH3 is 2. The van der Waals surface area contributed by atoms with Crippen molar-refractivity contribution in [1.29, 1.82) is 0 Å². The first-order chi connectivity index (χ1) is 17.1. The summed E-state index contributed by atoms with van der Waals surface area (Å²) in [6, 6.07) is 11.4. The molecule has 1 aliphatic carbocycles. The monoisotopic (exact) mass is 478 g/mol. The van der Waals surface area contributed by atoms with Crippen LogP contribution in [0.4, 0.5) is 0 Å². The van der Waals surface area contributed by atoms with E-state index in [4.69, 9.17) is 28.4 Å². The summed E-state index contributed by atoms with van der Waals surface area (Å²) in [4.78, 5) is 13.3. The summed E-state index contributed by atoms with van der Waals surface area (Å²) in [6.45, 7) is 2.50. The number of hydrogen-bond acceptors (Lipinski definition) is 7. The van der Waals surface area contributed by atoms with Crippen LogP contribution in [0.5, 0.6) is 23.0 Å². The summed E-state index contributed by atoms with van der Waals surface area (Å²) >= 11 is 0. The van der Waals surface area contributed by atoms with E-state index in [1.165, 1.54) is 0 Å². The number of Topliss-reactive ketones (excluding diaryl/α,β-unsaturated/α-hetero) is 1. The SMILES string of the molecule is COc1cc(/C=C2/CCC/C(=C/c3ccc(OC[C@@H]4CO4)c(OC)c3)C2=O)ccc1OC[C@@H]1CO1. The van der Waals surface area contributed by atoms with Gasteiger partial charge in [0.15, 0.2) is 28.8 Å². The number of carbonyl (C=O) groups is 1. The molecule has 2 aliphatic heterocycles. The van der Waals surface area contributed by atoms with E-state index in [1.54, 1.807) is 14.2 Å². The summed E-state index contributed by atoms with van der Waals surface area (Å²) in [6.07, 6.45) is 6.65. The molecule has 0 aromatic heterocycles. The molecule has 35 heavy (non-hydrogen) atoms. The quantitative estimate of drug-likeness (QED) is 0.368. The molecule has 7 nitrogen and oxygen atoms in total. The van der Waals surface area contributed by atoms with Crippen LogP contribution in [0.1, 0.15) is 30.4 Å². The van der Waals surface area contributed by atoms with Gasteiger partial charge in [0.05, 0.1) is 27.4 Å². The average molecular weight is 479 g/mol. The number of carbonyl (C=O) groups excluding carboxylic acids is 1. The third-order valence-corrected chi connectivity index (χ3v) is 6.19. The maximum absolute atomic E-state index is 13.3. The predicted octanol–water partition coefficient (Wildman–Crippen LogP) is 4.48. The van der Waals surface area contributed by atoms with Crippen LogP contribution in [0.15, 0.2) is 47.5 Å². The molecule has 2 saturated heterocycles. The lowest BCUT2D eigenvalue weighted by Crippen LogP contribution is -2.12. The van der Waals surface area contributed by atoms with Crippen LogP contribution in [0.25, 0.3) is 12.2 Å². The number of hydrogen-bond donors (Lipinski definition) is 0. The standard InChI is InChI=1S/C28H30O7/c1-30-26-12-18(6-8-24(26)34-16-22-14-32-22)10-20-4-3-5-21(28(20)29)11-19-7-9-25(27(13-19)31-2)35-17-23-15-33-23/h6-13,22-23H,3-5,14-17H2,1-2H3/b20-10-,21-11-/t22-,23-/m0/s1. The zero-order valence-electron chi connectivity index (χ0n) is 20.1. The third-order valence-electron chi connectivity index (χ3n) is 6.19. The van der Waals surface area contributed by atoms with Crippen molar-refractivity contribution in [2.75, 3.05) is 40.6 Å². The van der Waals surface area contributed by atoms with E-state index >= 15 is 0 Å². The van der Waals surface area contributed by atoms with Crippen molar-refractivity contribution in [3.8, 4) is 23.0 Å². The molecule has 0 N–H and O–H groups in total. The number of benzene rings is 2. The van der Waals surface area contributed by atoms with E-state index in [1.807, 2.05) is 48.6 Å². The van der Waals surface area contributed by atoms with Gasteiger partial charge in [-0.15, -0.1) is 0 Å². The maximum Gasteiger partial charge on any atom is 0.185 e. The molecule has 7 heteroatoms. The molecule has 0 radical (unpaired) electrons. The number of ether oxygens (including phenoxy) is 6. The molecule has 5 rings (SSSR count). The summed E-state index contributed by atoms with van der Waals surface area (Å²) in [5.41, 5.74) is 3.40. The van der Waals surface area contributed by atoms with Gasteiger partial charge in [-0.1, -0.05) is 12.1 Å². The van der Waals surface area contributed by atoms with E-state index in [2.05, 4.69) is 0 Å². The van der Waals surface area contributed by atoms with Crippen molar-refractivity contribution < 1.29 is 33.2 Å². The molecule has 1 saturated carbocycles. The Balaban J connectivity index is 1.31. The van der Waals surface area contributed by atoms with Gasteiger partial charge in [0.1, 0.15) is 25.4 Å². The Kier molecular flexibility index (Phi) is 7.06. The van der Waals surface area contributed by atoms with Gasteiger partial charge >= 0.3 is 0 Å². The lowest BCUT2D eigenvalue weighted by molar-refractivity contribution is -0.112. The summed E-state index contributed by atoms with van der Waals surface area (Å²) in [7, 11) is 3.23. The Morgan fingerprint density at radius 1 is 0.771 bits per heavy atom. The number of rotatable bonds is 10. The molecule has 2 atom stereocenters. The van der Waals surface area contributed by atoms with Crippen molar-refractivity contribution in [1.82, 2.24) is 0 Å². The molecule has 0 amide bonds. The van der Waals surface area contributed by atoms with Crippen molar-refractivity contribution >= 4 is 17.9 Å². The van der Waals surface area contributed by atoms with Crippen LogP contribution in [-0.2, 0) is 14.3 Å². The zero-order valence-corrected chi connectivity index (χ0v) is 20.1. The first-order valence-electron chi connectivity index (χ1n) is 11.9. The van der Waals surface area contributed by atoms with Crippen molar-refractivity contribution in [2.24, 2.45) is 0 Å². The van der Waals surface area contributed by atoms with Crippen LogP contribution in [0.3, 0.4) is 0 Å². The van der Waals surface area contributed by atoms with Gasteiger partial charge in [-0.25, -0.2) is 0 Å². The highest BCUT2D eigenvalue weighted by molar-refractivity contribution is 6.14.